The fourth-order valence-corrected chi connectivity index (χ4v) is 4.72. The normalized spacial score (nSPS) is 14.5. The Morgan fingerprint density at radius 1 is 0.879 bits per heavy atom. The number of H-pyrrole nitrogens is 1. The fourth-order valence-electron chi connectivity index (χ4n) is 4.72. The summed E-state index contributed by atoms with van der Waals surface area (Å²) in [6.07, 6.45) is 5.78. The van der Waals surface area contributed by atoms with E-state index in [4.69, 9.17) is 4.74 Å². The molecule has 0 spiro atoms. The minimum absolute atomic E-state index is 0.809. The first-order valence-electron chi connectivity index (χ1n) is 11.9. The summed E-state index contributed by atoms with van der Waals surface area (Å²) < 4.78 is 5.45. The summed E-state index contributed by atoms with van der Waals surface area (Å²) in [4.78, 5) is 12.6. The number of hydrogen-bond acceptors (Lipinski definition) is 4. The lowest BCUT2D eigenvalue weighted by molar-refractivity contribution is 0.221. The monoisotopic (exact) mass is 440 g/mol. The van der Waals surface area contributed by atoms with E-state index in [1.165, 1.54) is 54.7 Å². The molecule has 0 unspecified atom stereocenters. The molecule has 3 aromatic carbocycles. The maximum atomic E-state index is 5.45. The van der Waals surface area contributed by atoms with Gasteiger partial charge in [0.15, 0.2) is 0 Å². The van der Waals surface area contributed by atoms with Gasteiger partial charge in [-0.05, 0) is 79.0 Å². The van der Waals surface area contributed by atoms with Gasteiger partial charge in [-0.25, -0.2) is 4.98 Å². The molecule has 5 nitrogen and oxygen atoms in total. The molecular weight excluding hydrogens is 408 g/mol. The average molecular weight is 441 g/mol. The summed E-state index contributed by atoms with van der Waals surface area (Å²) in [5.74, 6) is 0.892. The molecule has 1 aliphatic rings. The van der Waals surface area contributed by atoms with Gasteiger partial charge in [-0.1, -0.05) is 36.8 Å². The standard InChI is InChI=1S/C28H32N4O/c1-33-26-7-5-6-23(16-26)19-32(20-24-10-13-27-28(17-24)30-21-29-27)25-11-8-22(9-12-25)18-31-14-3-2-4-15-31/h5-13,16-17,21H,2-4,14-15,18-20H2,1H3,(H,29,30). The van der Waals surface area contributed by atoms with Crippen LogP contribution >= 0.6 is 0 Å². The molecule has 170 valence electrons. The molecule has 2 heterocycles. The van der Waals surface area contributed by atoms with Gasteiger partial charge in [0.05, 0.1) is 24.5 Å². The lowest BCUT2D eigenvalue weighted by Gasteiger charge is -2.28. The van der Waals surface area contributed by atoms with E-state index in [0.717, 1.165) is 36.4 Å². The highest BCUT2D eigenvalue weighted by atomic mass is 16.5. The summed E-state index contributed by atoms with van der Waals surface area (Å²) in [5, 5.41) is 0. The molecule has 33 heavy (non-hydrogen) atoms. The van der Waals surface area contributed by atoms with E-state index in [1.54, 1.807) is 13.4 Å². The van der Waals surface area contributed by atoms with Gasteiger partial charge in [0.1, 0.15) is 5.75 Å². The Morgan fingerprint density at radius 3 is 2.42 bits per heavy atom. The van der Waals surface area contributed by atoms with Crippen molar-refractivity contribution in [3.05, 3.63) is 89.7 Å². The smallest absolute Gasteiger partial charge is 0.119 e. The molecule has 0 atom stereocenters. The van der Waals surface area contributed by atoms with Crippen molar-refractivity contribution in [3.8, 4) is 5.75 Å². The van der Waals surface area contributed by atoms with Gasteiger partial charge in [-0.3, -0.25) is 4.90 Å². The van der Waals surface area contributed by atoms with Gasteiger partial charge in [-0.2, -0.15) is 0 Å². The lowest BCUT2D eigenvalue weighted by Crippen LogP contribution is -2.29. The van der Waals surface area contributed by atoms with Crippen LogP contribution in [0.2, 0.25) is 0 Å². The number of anilines is 1. The molecule has 1 fully saturated rings. The zero-order chi connectivity index (χ0) is 22.5. The van der Waals surface area contributed by atoms with Crippen LogP contribution < -0.4 is 9.64 Å². The predicted octanol–water partition coefficient (Wildman–Crippen LogP) is 5.76. The number of aromatic amines is 1. The predicted molar refractivity (Wildman–Crippen MR) is 135 cm³/mol. The number of ether oxygens (including phenoxy) is 1. The Kier molecular flexibility index (Phi) is 6.58. The third-order valence-electron chi connectivity index (χ3n) is 6.52. The molecule has 1 aromatic heterocycles. The lowest BCUT2D eigenvalue weighted by atomic mass is 10.1. The molecule has 0 bridgehead atoms. The van der Waals surface area contributed by atoms with E-state index in [0.29, 0.717) is 0 Å². The number of imidazole rings is 1. The second kappa shape index (κ2) is 10.1. The van der Waals surface area contributed by atoms with Crippen LogP contribution in [0.5, 0.6) is 5.75 Å². The molecular formula is C28H32N4O. The average Bonchev–Trinajstić information content (AvgIpc) is 3.33. The quantitative estimate of drug-likeness (QED) is 0.378. The molecule has 0 radical (unpaired) electrons. The van der Waals surface area contributed by atoms with Crippen molar-refractivity contribution in [1.29, 1.82) is 0 Å². The summed E-state index contributed by atoms with van der Waals surface area (Å²) in [6.45, 7) is 5.12. The number of nitrogens with zero attached hydrogens (tertiary/aromatic N) is 3. The molecule has 0 aliphatic carbocycles. The Balaban J connectivity index is 1.38. The topological polar surface area (TPSA) is 44.4 Å². The molecule has 1 aliphatic heterocycles. The SMILES string of the molecule is COc1cccc(CN(Cc2ccc3nc[nH]c3c2)c2ccc(CN3CCCCC3)cc2)c1. The van der Waals surface area contributed by atoms with Crippen LogP contribution in [0, 0.1) is 0 Å². The van der Waals surface area contributed by atoms with Crippen molar-refractivity contribution in [1.82, 2.24) is 14.9 Å². The van der Waals surface area contributed by atoms with Gasteiger partial charge < -0.3 is 14.6 Å². The van der Waals surface area contributed by atoms with Crippen molar-refractivity contribution in [2.24, 2.45) is 0 Å². The van der Waals surface area contributed by atoms with Gasteiger partial charge >= 0.3 is 0 Å². The Bertz CT molecular complexity index is 1180. The summed E-state index contributed by atoms with van der Waals surface area (Å²) in [7, 11) is 1.72. The number of rotatable bonds is 8. The van der Waals surface area contributed by atoms with Crippen LogP contribution in [0.4, 0.5) is 5.69 Å². The van der Waals surface area contributed by atoms with E-state index >= 15 is 0 Å². The second-order valence-electron chi connectivity index (χ2n) is 8.96. The van der Waals surface area contributed by atoms with Gasteiger partial charge in [-0.15, -0.1) is 0 Å². The molecule has 1 saturated heterocycles. The Labute approximate surface area is 196 Å². The summed E-state index contributed by atoms with van der Waals surface area (Å²) in [5.41, 5.74) is 7.18. The number of fused-ring (bicyclic) bond motifs is 1. The van der Waals surface area contributed by atoms with E-state index in [1.807, 2.05) is 6.07 Å². The number of likely N-dealkylation sites (tertiary alicyclic amines) is 1. The van der Waals surface area contributed by atoms with E-state index < -0.39 is 0 Å². The van der Waals surface area contributed by atoms with Crippen LogP contribution in [-0.4, -0.2) is 35.1 Å². The van der Waals surface area contributed by atoms with Crippen molar-refractivity contribution >= 4 is 16.7 Å². The van der Waals surface area contributed by atoms with Crippen LogP contribution in [0.1, 0.15) is 36.0 Å². The molecule has 5 rings (SSSR count). The summed E-state index contributed by atoms with van der Waals surface area (Å²) in [6, 6.07) is 23.9. The van der Waals surface area contributed by atoms with E-state index in [9.17, 15) is 0 Å². The largest absolute Gasteiger partial charge is 0.497 e. The highest BCUT2D eigenvalue weighted by Gasteiger charge is 2.13. The third kappa shape index (κ3) is 5.37. The number of benzene rings is 3. The van der Waals surface area contributed by atoms with Gasteiger partial charge in [0.2, 0.25) is 0 Å². The van der Waals surface area contributed by atoms with Crippen molar-refractivity contribution in [3.63, 3.8) is 0 Å². The van der Waals surface area contributed by atoms with Gasteiger partial charge in [0, 0.05) is 25.3 Å². The van der Waals surface area contributed by atoms with Crippen LogP contribution in [0.25, 0.3) is 11.0 Å². The number of aromatic nitrogens is 2. The second-order valence-corrected chi connectivity index (χ2v) is 8.96. The van der Waals surface area contributed by atoms with Crippen molar-refractivity contribution in [2.75, 3.05) is 25.1 Å². The van der Waals surface area contributed by atoms with Crippen molar-refractivity contribution in [2.45, 2.75) is 38.9 Å². The first-order valence-corrected chi connectivity index (χ1v) is 11.9. The van der Waals surface area contributed by atoms with Crippen LogP contribution in [-0.2, 0) is 19.6 Å². The minimum Gasteiger partial charge on any atom is -0.497 e. The van der Waals surface area contributed by atoms with Gasteiger partial charge in [0.25, 0.3) is 0 Å². The van der Waals surface area contributed by atoms with E-state index in [-0.39, 0.29) is 0 Å². The number of nitrogens with one attached hydrogen (secondary N) is 1. The minimum atomic E-state index is 0.809. The van der Waals surface area contributed by atoms with Crippen LogP contribution in [0.15, 0.2) is 73.1 Å². The van der Waals surface area contributed by atoms with E-state index in [2.05, 4.69) is 80.4 Å². The first-order chi connectivity index (χ1) is 16.3. The number of piperidine rings is 1. The maximum Gasteiger partial charge on any atom is 0.119 e. The molecule has 0 saturated carbocycles. The van der Waals surface area contributed by atoms with Crippen LogP contribution in [0.3, 0.4) is 0 Å². The first kappa shape index (κ1) is 21.5. The summed E-state index contributed by atoms with van der Waals surface area (Å²) >= 11 is 0. The number of methoxy groups -OCH3 is 1. The zero-order valence-electron chi connectivity index (χ0n) is 19.3. The highest BCUT2D eigenvalue weighted by Crippen LogP contribution is 2.24. The molecule has 0 amide bonds. The zero-order valence-corrected chi connectivity index (χ0v) is 19.3. The Hall–Kier alpha value is -3.31. The number of hydrogen-bond donors (Lipinski definition) is 1. The third-order valence-corrected chi connectivity index (χ3v) is 6.52. The fraction of sp³-hybridized carbons (Fsp3) is 0.321. The Morgan fingerprint density at radius 2 is 1.64 bits per heavy atom. The van der Waals surface area contributed by atoms with Crippen molar-refractivity contribution < 1.29 is 4.74 Å². The highest BCUT2D eigenvalue weighted by molar-refractivity contribution is 5.75. The maximum absolute atomic E-state index is 5.45. The molecule has 1 N–H and O–H groups in total. The molecule has 5 heteroatoms. The molecule has 4 aromatic rings.